The second-order valence-electron chi connectivity index (χ2n) is 5.73. The average Bonchev–Trinajstić information content (AvgIpc) is 2.45. The molecule has 0 aliphatic heterocycles. The molecule has 0 spiro atoms. The van der Waals surface area contributed by atoms with E-state index >= 15 is 0 Å². The van der Waals surface area contributed by atoms with Gasteiger partial charge < -0.3 is 0 Å². The van der Waals surface area contributed by atoms with Gasteiger partial charge in [-0.2, -0.15) is 0 Å². The van der Waals surface area contributed by atoms with E-state index in [0.717, 1.165) is 12.3 Å². The second kappa shape index (κ2) is 7.47. The third-order valence-electron chi connectivity index (χ3n) is 4.20. The van der Waals surface area contributed by atoms with Crippen LogP contribution in [0.3, 0.4) is 0 Å². The van der Waals surface area contributed by atoms with Crippen molar-refractivity contribution in [3.63, 3.8) is 0 Å². The summed E-state index contributed by atoms with van der Waals surface area (Å²) in [5.74, 6) is 0.731. The van der Waals surface area contributed by atoms with Crippen LogP contribution in [0.4, 0.5) is 4.39 Å². The molecule has 0 N–H and O–H groups in total. The van der Waals surface area contributed by atoms with Gasteiger partial charge in [-0.3, -0.25) is 0 Å². The fraction of sp³-hybridized carbons (Fsp3) is 0.556. The Morgan fingerprint density at radius 3 is 2.53 bits per heavy atom. The molecule has 1 heteroatoms. The Hall–Kier alpha value is -1.11. The summed E-state index contributed by atoms with van der Waals surface area (Å²) in [6, 6.07) is 6.94. The Balaban J connectivity index is 1.81. The molecular formula is C18H25F. The zero-order valence-corrected chi connectivity index (χ0v) is 12.0. The summed E-state index contributed by atoms with van der Waals surface area (Å²) in [5, 5.41) is 0. The second-order valence-corrected chi connectivity index (χ2v) is 5.73. The molecule has 1 aliphatic rings. The molecule has 1 atom stereocenters. The minimum Gasteiger partial charge on any atom is -0.207 e. The topological polar surface area (TPSA) is 0 Å². The third-order valence-corrected chi connectivity index (χ3v) is 4.20. The lowest BCUT2D eigenvalue weighted by atomic mass is 9.84. The number of hydrogen-bond donors (Lipinski definition) is 0. The van der Waals surface area contributed by atoms with E-state index in [2.05, 4.69) is 13.0 Å². The lowest BCUT2D eigenvalue weighted by Crippen LogP contribution is -2.05. The molecule has 0 nitrogen and oxygen atoms in total. The van der Waals surface area contributed by atoms with Gasteiger partial charge in [0.05, 0.1) is 0 Å². The van der Waals surface area contributed by atoms with Gasteiger partial charge in [-0.15, -0.1) is 0 Å². The van der Waals surface area contributed by atoms with Gasteiger partial charge in [0.2, 0.25) is 0 Å². The van der Waals surface area contributed by atoms with Crippen molar-refractivity contribution >= 4 is 5.57 Å². The zero-order chi connectivity index (χ0) is 13.5. The Morgan fingerprint density at radius 1 is 1.11 bits per heavy atom. The summed E-state index contributed by atoms with van der Waals surface area (Å²) in [7, 11) is 0. The number of benzene rings is 1. The Morgan fingerprint density at radius 2 is 1.89 bits per heavy atom. The summed E-state index contributed by atoms with van der Waals surface area (Å²) >= 11 is 0. The molecule has 0 fully saturated rings. The molecule has 1 aromatic rings. The van der Waals surface area contributed by atoms with Crippen LogP contribution in [0.2, 0.25) is 0 Å². The van der Waals surface area contributed by atoms with E-state index in [1.54, 1.807) is 12.1 Å². The normalized spacial score (nSPS) is 19.3. The number of halogens is 1. The smallest absolute Gasteiger partial charge is 0.123 e. The highest BCUT2D eigenvalue weighted by Gasteiger charge is 2.15. The summed E-state index contributed by atoms with van der Waals surface area (Å²) in [6.45, 7) is 2.26. The predicted molar refractivity (Wildman–Crippen MR) is 80.5 cm³/mol. The van der Waals surface area contributed by atoms with E-state index in [4.69, 9.17) is 0 Å². The van der Waals surface area contributed by atoms with Crippen LogP contribution in [0, 0.1) is 11.7 Å². The van der Waals surface area contributed by atoms with E-state index in [1.165, 1.54) is 56.1 Å². The van der Waals surface area contributed by atoms with Crippen molar-refractivity contribution in [2.75, 3.05) is 0 Å². The first-order valence-corrected chi connectivity index (χ1v) is 7.74. The fourth-order valence-corrected chi connectivity index (χ4v) is 2.94. The molecule has 1 aromatic carbocycles. The molecule has 104 valence electrons. The van der Waals surface area contributed by atoms with Gasteiger partial charge in [0, 0.05) is 0 Å². The minimum absolute atomic E-state index is 0.144. The summed E-state index contributed by atoms with van der Waals surface area (Å²) in [4.78, 5) is 0. The van der Waals surface area contributed by atoms with Gasteiger partial charge >= 0.3 is 0 Å². The molecule has 0 saturated heterocycles. The maximum atomic E-state index is 12.9. The van der Waals surface area contributed by atoms with Crippen LogP contribution in [-0.4, -0.2) is 0 Å². The lowest BCUT2D eigenvalue weighted by molar-refractivity contribution is 0.425. The summed E-state index contributed by atoms with van der Waals surface area (Å²) in [6.07, 6.45) is 12.9. The monoisotopic (exact) mass is 260 g/mol. The third kappa shape index (κ3) is 4.49. The van der Waals surface area contributed by atoms with Crippen molar-refractivity contribution < 1.29 is 4.39 Å². The van der Waals surface area contributed by atoms with Gasteiger partial charge in [0.15, 0.2) is 0 Å². The lowest BCUT2D eigenvalue weighted by Gasteiger charge is -2.22. The van der Waals surface area contributed by atoms with Crippen molar-refractivity contribution in [3.8, 4) is 0 Å². The number of unbranched alkanes of at least 4 members (excludes halogenated alkanes) is 3. The largest absolute Gasteiger partial charge is 0.207 e. The molecule has 0 aromatic heterocycles. The average molecular weight is 260 g/mol. The van der Waals surface area contributed by atoms with Gasteiger partial charge in [0.1, 0.15) is 5.82 Å². The number of allylic oxidation sites excluding steroid dienone is 2. The van der Waals surface area contributed by atoms with E-state index in [0.29, 0.717) is 0 Å². The number of hydrogen-bond acceptors (Lipinski definition) is 0. The van der Waals surface area contributed by atoms with Crippen LogP contribution < -0.4 is 0 Å². The van der Waals surface area contributed by atoms with Crippen LogP contribution >= 0.6 is 0 Å². The van der Waals surface area contributed by atoms with Crippen LogP contribution in [-0.2, 0) is 0 Å². The van der Waals surface area contributed by atoms with Crippen LogP contribution in [0.15, 0.2) is 30.3 Å². The first-order chi connectivity index (χ1) is 9.29. The molecule has 1 aliphatic carbocycles. The molecular weight excluding hydrogens is 235 g/mol. The molecule has 1 unspecified atom stereocenters. The van der Waals surface area contributed by atoms with Crippen LogP contribution in [0.5, 0.6) is 0 Å². The Labute approximate surface area is 116 Å². The van der Waals surface area contributed by atoms with Crippen molar-refractivity contribution in [1.29, 1.82) is 0 Å². The van der Waals surface area contributed by atoms with E-state index in [-0.39, 0.29) is 5.82 Å². The SMILES string of the molecule is CCCCCCC1CC=C(c2ccc(F)cc2)CC1. The number of rotatable bonds is 6. The molecule has 0 bridgehead atoms. The summed E-state index contributed by atoms with van der Waals surface area (Å²) < 4.78 is 12.9. The van der Waals surface area contributed by atoms with Crippen molar-refractivity contribution in [2.24, 2.45) is 5.92 Å². The van der Waals surface area contributed by atoms with Gasteiger partial charge in [-0.25, -0.2) is 4.39 Å². The molecule has 2 rings (SSSR count). The standard InChI is InChI=1S/C18H25F/c1-2-3-4-5-6-15-7-9-16(10-8-15)17-11-13-18(19)14-12-17/h9,11-15H,2-8,10H2,1H3. The minimum atomic E-state index is -0.144. The first-order valence-electron chi connectivity index (χ1n) is 7.74. The molecule has 0 heterocycles. The molecule has 0 amide bonds. The van der Waals surface area contributed by atoms with Crippen LogP contribution in [0.1, 0.15) is 63.9 Å². The fourth-order valence-electron chi connectivity index (χ4n) is 2.94. The maximum Gasteiger partial charge on any atom is 0.123 e. The predicted octanol–water partition coefficient (Wildman–Crippen LogP) is 5.98. The molecule has 19 heavy (non-hydrogen) atoms. The Kier molecular flexibility index (Phi) is 5.62. The highest BCUT2D eigenvalue weighted by molar-refractivity contribution is 5.66. The Bertz CT molecular complexity index is 402. The first kappa shape index (κ1) is 14.3. The van der Waals surface area contributed by atoms with E-state index in [1.807, 2.05) is 12.1 Å². The quantitative estimate of drug-likeness (QED) is 0.552. The van der Waals surface area contributed by atoms with Crippen molar-refractivity contribution in [3.05, 3.63) is 41.7 Å². The summed E-state index contributed by atoms with van der Waals surface area (Å²) in [5.41, 5.74) is 2.61. The van der Waals surface area contributed by atoms with E-state index < -0.39 is 0 Å². The van der Waals surface area contributed by atoms with E-state index in [9.17, 15) is 4.39 Å². The zero-order valence-electron chi connectivity index (χ0n) is 12.0. The molecule has 0 saturated carbocycles. The molecule has 0 radical (unpaired) electrons. The van der Waals surface area contributed by atoms with Crippen LogP contribution in [0.25, 0.3) is 5.57 Å². The van der Waals surface area contributed by atoms with Crippen molar-refractivity contribution in [1.82, 2.24) is 0 Å². The highest BCUT2D eigenvalue weighted by atomic mass is 19.1. The highest BCUT2D eigenvalue weighted by Crippen LogP contribution is 2.32. The van der Waals surface area contributed by atoms with Gasteiger partial charge in [0.25, 0.3) is 0 Å². The van der Waals surface area contributed by atoms with Gasteiger partial charge in [-0.1, -0.05) is 57.2 Å². The van der Waals surface area contributed by atoms with Crippen molar-refractivity contribution in [2.45, 2.75) is 58.3 Å². The van der Waals surface area contributed by atoms with Gasteiger partial charge in [-0.05, 0) is 48.4 Å². The maximum absolute atomic E-state index is 12.9.